The molecule has 0 spiro atoms. The van der Waals surface area contributed by atoms with E-state index in [1.165, 1.54) is 12.1 Å². The highest BCUT2D eigenvalue weighted by Gasteiger charge is 2.38. The molecule has 3 nitrogen and oxygen atoms in total. The highest BCUT2D eigenvalue weighted by Crippen LogP contribution is 2.20. The molecule has 1 atom stereocenters. The molecule has 100 valence electrons. The van der Waals surface area contributed by atoms with Crippen molar-refractivity contribution < 1.29 is 27.5 Å². The Morgan fingerprint density at radius 2 is 2.06 bits per heavy atom. The van der Waals surface area contributed by atoms with Crippen LogP contribution in [0.25, 0.3) is 0 Å². The van der Waals surface area contributed by atoms with Crippen LogP contribution in [0, 0.1) is 5.82 Å². The molecule has 0 saturated carbocycles. The first kappa shape index (κ1) is 14.9. The van der Waals surface area contributed by atoms with Gasteiger partial charge in [0.2, 0.25) is 0 Å². The lowest BCUT2D eigenvalue weighted by Crippen LogP contribution is -2.40. The molecular formula is C10H8BrF4NO2. The standard InChI is InChI=1S/C10H8BrF4NO2/c11-6-3-1-2-5(8(6)12)9(18)16-4-7(17)10(13,14)15/h1-3,7,17H,4H2,(H,16,18). The van der Waals surface area contributed by atoms with Gasteiger partial charge in [0.25, 0.3) is 5.91 Å². The largest absolute Gasteiger partial charge is 0.416 e. The van der Waals surface area contributed by atoms with Gasteiger partial charge in [-0.25, -0.2) is 4.39 Å². The Kier molecular flexibility index (Phi) is 4.69. The number of carbonyl (C=O) groups excluding carboxylic acids is 1. The molecule has 1 rings (SSSR count). The minimum atomic E-state index is -4.83. The van der Waals surface area contributed by atoms with Crippen molar-refractivity contribution in [2.24, 2.45) is 0 Å². The molecular weight excluding hydrogens is 322 g/mol. The van der Waals surface area contributed by atoms with Crippen LogP contribution in [0.2, 0.25) is 0 Å². The van der Waals surface area contributed by atoms with Crippen LogP contribution in [0.15, 0.2) is 22.7 Å². The number of halogens is 5. The number of benzene rings is 1. The summed E-state index contributed by atoms with van der Waals surface area (Å²) in [6.07, 6.45) is -7.51. The fraction of sp³-hybridized carbons (Fsp3) is 0.300. The molecule has 0 radical (unpaired) electrons. The van der Waals surface area contributed by atoms with E-state index < -0.39 is 36.1 Å². The summed E-state index contributed by atoms with van der Waals surface area (Å²) < 4.78 is 49.3. The molecule has 0 aliphatic rings. The molecule has 0 aromatic heterocycles. The molecule has 0 aliphatic carbocycles. The number of nitrogens with one attached hydrogen (secondary N) is 1. The van der Waals surface area contributed by atoms with E-state index in [2.05, 4.69) is 15.9 Å². The molecule has 0 aliphatic heterocycles. The van der Waals surface area contributed by atoms with Crippen LogP contribution in [-0.4, -0.2) is 29.8 Å². The zero-order valence-electron chi connectivity index (χ0n) is 8.76. The number of aliphatic hydroxyl groups excluding tert-OH is 1. The minimum Gasteiger partial charge on any atom is -0.382 e. The smallest absolute Gasteiger partial charge is 0.382 e. The van der Waals surface area contributed by atoms with Crippen molar-refractivity contribution in [1.82, 2.24) is 5.32 Å². The summed E-state index contributed by atoms with van der Waals surface area (Å²) >= 11 is 2.84. The topological polar surface area (TPSA) is 49.3 Å². The second-order valence-corrected chi connectivity index (χ2v) is 4.22. The summed E-state index contributed by atoms with van der Waals surface area (Å²) in [6, 6.07) is 3.83. The summed E-state index contributed by atoms with van der Waals surface area (Å²) in [5.74, 6) is -1.91. The second kappa shape index (κ2) is 5.66. The zero-order valence-corrected chi connectivity index (χ0v) is 10.3. The first-order valence-corrected chi connectivity index (χ1v) is 5.49. The normalized spacial score (nSPS) is 13.2. The Balaban J connectivity index is 2.70. The Morgan fingerprint density at radius 3 is 2.61 bits per heavy atom. The SMILES string of the molecule is O=C(NCC(O)C(F)(F)F)c1cccc(Br)c1F. The molecule has 2 N–H and O–H groups in total. The first-order chi connectivity index (χ1) is 8.23. The average Bonchev–Trinajstić information content (AvgIpc) is 2.27. The molecule has 0 bridgehead atoms. The third-order valence-electron chi connectivity index (χ3n) is 2.03. The van der Waals surface area contributed by atoms with Gasteiger partial charge in [0.1, 0.15) is 5.82 Å². The lowest BCUT2D eigenvalue weighted by atomic mass is 10.2. The Hall–Kier alpha value is -1.15. The maximum Gasteiger partial charge on any atom is 0.416 e. The lowest BCUT2D eigenvalue weighted by Gasteiger charge is -2.15. The summed E-state index contributed by atoms with van der Waals surface area (Å²) in [7, 11) is 0. The Labute approximate surface area is 108 Å². The molecule has 1 aromatic rings. The van der Waals surface area contributed by atoms with E-state index in [0.29, 0.717) is 0 Å². The number of hydrogen-bond donors (Lipinski definition) is 2. The van der Waals surface area contributed by atoms with Gasteiger partial charge in [-0.2, -0.15) is 13.2 Å². The van der Waals surface area contributed by atoms with Gasteiger partial charge in [0, 0.05) is 0 Å². The Bertz CT molecular complexity index is 450. The van der Waals surface area contributed by atoms with Crippen LogP contribution in [0.1, 0.15) is 10.4 Å². The molecule has 0 heterocycles. The van der Waals surface area contributed by atoms with E-state index in [1.807, 2.05) is 0 Å². The van der Waals surface area contributed by atoms with E-state index in [4.69, 9.17) is 5.11 Å². The van der Waals surface area contributed by atoms with Gasteiger partial charge < -0.3 is 10.4 Å². The summed E-state index contributed by atoms with van der Waals surface area (Å²) in [4.78, 5) is 11.4. The number of hydrogen-bond acceptors (Lipinski definition) is 2. The number of amides is 1. The van der Waals surface area contributed by atoms with E-state index in [0.717, 1.165) is 6.07 Å². The summed E-state index contributed by atoms with van der Waals surface area (Å²) in [5, 5.41) is 10.5. The predicted molar refractivity (Wildman–Crippen MR) is 58.5 cm³/mol. The van der Waals surface area contributed by atoms with Crippen molar-refractivity contribution in [2.75, 3.05) is 6.54 Å². The van der Waals surface area contributed by atoms with Crippen LogP contribution in [0.4, 0.5) is 17.6 Å². The maximum absolute atomic E-state index is 13.4. The monoisotopic (exact) mass is 329 g/mol. The Morgan fingerprint density at radius 1 is 1.44 bits per heavy atom. The fourth-order valence-corrected chi connectivity index (χ4v) is 1.45. The third kappa shape index (κ3) is 3.67. The summed E-state index contributed by atoms with van der Waals surface area (Å²) in [6.45, 7) is -1.03. The highest BCUT2D eigenvalue weighted by molar-refractivity contribution is 9.10. The van der Waals surface area contributed by atoms with Crippen LogP contribution in [0.3, 0.4) is 0 Å². The van der Waals surface area contributed by atoms with E-state index >= 15 is 0 Å². The molecule has 1 aromatic carbocycles. The third-order valence-corrected chi connectivity index (χ3v) is 2.64. The van der Waals surface area contributed by atoms with Crippen molar-refractivity contribution >= 4 is 21.8 Å². The summed E-state index contributed by atoms with van der Waals surface area (Å²) in [5.41, 5.74) is -0.404. The van der Waals surface area contributed by atoms with Crippen LogP contribution >= 0.6 is 15.9 Å². The highest BCUT2D eigenvalue weighted by atomic mass is 79.9. The van der Waals surface area contributed by atoms with E-state index in [-0.39, 0.29) is 4.47 Å². The van der Waals surface area contributed by atoms with Gasteiger partial charge in [-0.1, -0.05) is 6.07 Å². The van der Waals surface area contributed by atoms with Crippen molar-refractivity contribution in [2.45, 2.75) is 12.3 Å². The minimum absolute atomic E-state index is 0.0199. The lowest BCUT2D eigenvalue weighted by molar-refractivity contribution is -0.201. The number of aliphatic hydroxyl groups is 1. The van der Waals surface area contributed by atoms with Crippen molar-refractivity contribution in [1.29, 1.82) is 0 Å². The van der Waals surface area contributed by atoms with E-state index in [1.54, 1.807) is 5.32 Å². The van der Waals surface area contributed by atoms with Gasteiger partial charge in [-0.3, -0.25) is 4.79 Å². The van der Waals surface area contributed by atoms with Crippen LogP contribution in [0.5, 0.6) is 0 Å². The molecule has 18 heavy (non-hydrogen) atoms. The van der Waals surface area contributed by atoms with Gasteiger partial charge in [-0.15, -0.1) is 0 Å². The van der Waals surface area contributed by atoms with Gasteiger partial charge in [0.15, 0.2) is 6.10 Å². The van der Waals surface area contributed by atoms with Crippen molar-refractivity contribution in [3.05, 3.63) is 34.1 Å². The fourth-order valence-electron chi connectivity index (χ4n) is 1.08. The average molecular weight is 330 g/mol. The zero-order chi connectivity index (χ0) is 13.9. The maximum atomic E-state index is 13.4. The van der Waals surface area contributed by atoms with Gasteiger partial charge in [0.05, 0.1) is 16.6 Å². The van der Waals surface area contributed by atoms with Gasteiger partial charge >= 0.3 is 6.18 Å². The molecule has 0 fully saturated rings. The van der Waals surface area contributed by atoms with Gasteiger partial charge in [-0.05, 0) is 28.1 Å². The number of alkyl halides is 3. The molecule has 1 amide bonds. The first-order valence-electron chi connectivity index (χ1n) is 4.70. The molecule has 1 unspecified atom stereocenters. The van der Waals surface area contributed by atoms with Crippen LogP contribution in [-0.2, 0) is 0 Å². The van der Waals surface area contributed by atoms with E-state index in [9.17, 15) is 22.4 Å². The predicted octanol–water partition coefficient (Wildman–Crippen LogP) is 2.24. The van der Waals surface area contributed by atoms with Crippen LogP contribution < -0.4 is 5.32 Å². The number of rotatable bonds is 3. The van der Waals surface area contributed by atoms with Crippen molar-refractivity contribution in [3.8, 4) is 0 Å². The molecule has 8 heteroatoms. The van der Waals surface area contributed by atoms with Crippen molar-refractivity contribution in [3.63, 3.8) is 0 Å². The second-order valence-electron chi connectivity index (χ2n) is 3.37. The quantitative estimate of drug-likeness (QED) is 0.835. The number of carbonyl (C=O) groups is 1. The molecule has 0 saturated heterocycles.